The number of nitrogens with one attached hydrogen (secondary N) is 2. The highest BCUT2D eigenvalue weighted by molar-refractivity contribution is 5.99. The van der Waals surface area contributed by atoms with Crippen molar-refractivity contribution in [2.45, 2.75) is 83.1 Å². The summed E-state index contributed by atoms with van der Waals surface area (Å²) in [5, 5.41) is 15.0. The van der Waals surface area contributed by atoms with Gasteiger partial charge in [-0.1, -0.05) is 6.92 Å². The number of ether oxygens (including phenoxy) is 1. The van der Waals surface area contributed by atoms with E-state index in [9.17, 15) is 14.4 Å². The number of carbonyl (C=O) groups is 3. The summed E-state index contributed by atoms with van der Waals surface area (Å²) in [7, 11) is 0. The van der Waals surface area contributed by atoms with E-state index in [1.165, 1.54) is 0 Å². The fraction of sp³-hybridized carbons (Fsp3) is 0.857. The zero-order chi connectivity index (χ0) is 21.4. The summed E-state index contributed by atoms with van der Waals surface area (Å²) in [4.78, 5) is 41.3. The summed E-state index contributed by atoms with van der Waals surface area (Å²) >= 11 is 0. The fourth-order valence-corrected chi connectivity index (χ4v) is 5.48. The Labute approximate surface area is 172 Å². The van der Waals surface area contributed by atoms with Gasteiger partial charge in [0.2, 0.25) is 17.7 Å². The van der Waals surface area contributed by atoms with Crippen molar-refractivity contribution in [1.29, 1.82) is 0 Å². The van der Waals surface area contributed by atoms with Gasteiger partial charge in [-0.2, -0.15) is 0 Å². The van der Waals surface area contributed by atoms with Crippen LogP contribution in [0.15, 0.2) is 0 Å². The molecule has 0 aromatic rings. The van der Waals surface area contributed by atoms with E-state index >= 15 is 0 Å². The number of rotatable bonds is 9. The molecular formula is C21H35N3O5. The Morgan fingerprint density at radius 1 is 1.28 bits per heavy atom. The smallest absolute Gasteiger partial charge is 0.246 e. The summed E-state index contributed by atoms with van der Waals surface area (Å²) in [6.07, 6.45) is 3.20. The third-order valence-corrected chi connectivity index (χ3v) is 6.59. The summed E-state index contributed by atoms with van der Waals surface area (Å²) in [6, 6.07) is -0.808. The second-order valence-electron chi connectivity index (χ2n) is 9.14. The molecule has 29 heavy (non-hydrogen) atoms. The van der Waals surface area contributed by atoms with Crippen LogP contribution in [-0.4, -0.2) is 70.7 Å². The minimum Gasteiger partial charge on any atom is -0.396 e. The third kappa shape index (κ3) is 3.54. The highest BCUT2D eigenvalue weighted by atomic mass is 16.5. The standard InChI is InChI=1S/C21H35N3O5/c1-5-10-22-17(26)14-15-19(28)24(11-6-7-12-25)16(18(27)23-13(2)3)21(15)9-8-20(14,4)29-21/h13-16,25H,5-12H2,1-4H3,(H,22,26)(H,23,27)/t14-,15+,16?,20+,21?/m1/s1. The lowest BCUT2D eigenvalue weighted by Gasteiger charge is -2.34. The molecule has 1 spiro atoms. The minimum atomic E-state index is -0.960. The van der Waals surface area contributed by atoms with Crippen LogP contribution in [0.5, 0.6) is 0 Å². The maximum atomic E-state index is 13.5. The first-order chi connectivity index (χ1) is 13.7. The highest BCUT2D eigenvalue weighted by Gasteiger charge is 2.77. The van der Waals surface area contributed by atoms with E-state index < -0.39 is 29.1 Å². The zero-order valence-corrected chi connectivity index (χ0v) is 18.0. The Bertz CT molecular complexity index is 669. The molecule has 0 radical (unpaired) electrons. The van der Waals surface area contributed by atoms with Crippen molar-refractivity contribution in [3.63, 3.8) is 0 Å². The molecule has 3 rings (SSSR count). The largest absolute Gasteiger partial charge is 0.396 e. The fourth-order valence-electron chi connectivity index (χ4n) is 5.48. The topological polar surface area (TPSA) is 108 Å². The summed E-state index contributed by atoms with van der Waals surface area (Å²) in [5.74, 6) is -1.79. The van der Waals surface area contributed by atoms with Crippen molar-refractivity contribution < 1.29 is 24.2 Å². The molecule has 8 nitrogen and oxygen atoms in total. The summed E-state index contributed by atoms with van der Waals surface area (Å²) in [5.41, 5.74) is -1.69. The quantitative estimate of drug-likeness (QED) is 0.483. The number of unbranched alkanes of at least 4 members (excludes halogenated alkanes) is 1. The predicted octanol–water partition coefficient (Wildman–Crippen LogP) is 0.574. The van der Waals surface area contributed by atoms with Crippen LogP contribution in [0.2, 0.25) is 0 Å². The van der Waals surface area contributed by atoms with E-state index in [0.717, 1.165) is 6.42 Å². The molecule has 0 saturated carbocycles. The van der Waals surface area contributed by atoms with Crippen LogP contribution in [0.25, 0.3) is 0 Å². The Balaban J connectivity index is 1.96. The summed E-state index contributed by atoms with van der Waals surface area (Å²) in [6.45, 7) is 8.61. The normalized spacial score (nSPS) is 35.3. The third-order valence-electron chi connectivity index (χ3n) is 6.59. The SMILES string of the molecule is CCCNC(=O)[C@H]1[C@H]2C(=O)N(CCCCO)C(C(=O)NC(C)C)C23CC[C@]1(C)O3. The number of hydrogen-bond acceptors (Lipinski definition) is 5. The molecule has 8 heteroatoms. The molecule has 3 aliphatic heterocycles. The Hall–Kier alpha value is -1.67. The van der Waals surface area contributed by atoms with Crippen LogP contribution in [0.3, 0.4) is 0 Å². The molecule has 164 valence electrons. The predicted molar refractivity (Wildman–Crippen MR) is 107 cm³/mol. The number of likely N-dealkylation sites (tertiary alicyclic amines) is 1. The molecular weight excluding hydrogens is 374 g/mol. The zero-order valence-electron chi connectivity index (χ0n) is 18.0. The van der Waals surface area contributed by atoms with Gasteiger partial charge in [0.1, 0.15) is 11.6 Å². The second-order valence-corrected chi connectivity index (χ2v) is 9.14. The van der Waals surface area contributed by atoms with Crippen molar-refractivity contribution in [3.05, 3.63) is 0 Å². The van der Waals surface area contributed by atoms with Gasteiger partial charge in [-0.05, 0) is 52.9 Å². The monoisotopic (exact) mass is 409 g/mol. The van der Waals surface area contributed by atoms with Crippen LogP contribution < -0.4 is 10.6 Å². The lowest BCUT2D eigenvalue weighted by Crippen LogP contribution is -2.56. The lowest BCUT2D eigenvalue weighted by atomic mass is 9.66. The van der Waals surface area contributed by atoms with Crippen LogP contribution in [0.1, 0.15) is 59.8 Å². The highest BCUT2D eigenvalue weighted by Crippen LogP contribution is 2.63. The summed E-state index contributed by atoms with van der Waals surface area (Å²) < 4.78 is 6.47. The molecule has 5 atom stereocenters. The lowest BCUT2D eigenvalue weighted by molar-refractivity contribution is -0.146. The molecule has 0 aromatic carbocycles. The van der Waals surface area contributed by atoms with E-state index in [1.54, 1.807) is 4.90 Å². The van der Waals surface area contributed by atoms with E-state index in [-0.39, 0.29) is 30.4 Å². The molecule has 3 heterocycles. The van der Waals surface area contributed by atoms with Gasteiger partial charge in [-0.3, -0.25) is 14.4 Å². The van der Waals surface area contributed by atoms with Gasteiger partial charge in [0, 0.05) is 25.7 Å². The molecule has 3 N–H and O–H groups in total. The maximum absolute atomic E-state index is 13.5. The molecule has 2 bridgehead atoms. The van der Waals surface area contributed by atoms with E-state index in [0.29, 0.717) is 38.8 Å². The Morgan fingerprint density at radius 3 is 2.62 bits per heavy atom. The number of fused-ring (bicyclic) bond motifs is 1. The van der Waals surface area contributed by atoms with Crippen molar-refractivity contribution in [3.8, 4) is 0 Å². The molecule has 3 fully saturated rings. The van der Waals surface area contributed by atoms with Crippen molar-refractivity contribution in [1.82, 2.24) is 15.5 Å². The first-order valence-corrected chi connectivity index (χ1v) is 10.9. The second kappa shape index (κ2) is 8.22. The average Bonchev–Trinajstić information content (AvgIpc) is 3.21. The average molecular weight is 410 g/mol. The number of aliphatic hydroxyl groups is 1. The van der Waals surface area contributed by atoms with Crippen molar-refractivity contribution in [2.75, 3.05) is 19.7 Å². The number of hydrogen-bond donors (Lipinski definition) is 3. The van der Waals surface area contributed by atoms with Gasteiger partial charge in [0.05, 0.1) is 17.4 Å². The molecule has 0 aliphatic carbocycles. The van der Waals surface area contributed by atoms with Crippen LogP contribution in [0.4, 0.5) is 0 Å². The van der Waals surface area contributed by atoms with Crippen LogP contribution in [0, 0.1) is 11.8 Å². The Kier molecular flexibility index (Phi) is 6.24. The van der Waals surface area contributed by atoms with Gasteiger partial charge >= 0.3 is 0 Å². The van der Waals surface area contributed by atoms with Gasteiger partial charge in [-0.25, -0.2) is 0 Å². The van der Waals surface area contributed by atoms with Gasteiger partial charge in [-0.15, -0.1) is 0 Å². The Morgan fingerprint density at radius 2 is 2.00 bits per heavy atom. The van der Waals surface area contributed by atoms with Crippen LogP contribution in [-0.2, 0) is 19.1 Å². The van der Waals surface area contributed by atoms with Gasteiger partial charge in [0.25, 0.3) is 0 Å². The van der Waals surface area contributed by atoms with Crippen molar-refractivity contribution >= 4 is 17.7 Å². The molecule has 2 unspecified atom stereocenters. The van der Waals surface area contributed by atoms with Crippen LogP contribution >= 0.6 is 0 Å². The van der Waals surface area contributed by atoms with Gasteiger partial charge in [0.15, 0.2) is 0 Å². The van der Waals surface area contributed by atoms with E-state index in [4.69, 9.17) is 9.84 Å². The number of aliphatic hydroxyl groups excluding tert-OH is 1. The molecule has 3 saturated heterocycles. The first kappa shape index (κ1) is 22.0. The number of amides is 3. The van der Waals surface area contributed by atoms with E-state index in [1.807, 2.05) is 27.7 Å². The van der Waals surface area contributed by atoms with Gasteiger partial charge < -0.3 is 25.4 Å². The first-order valence-electron chi connectivity index (χ1n) is 10.9. The van der Waals surface area contributed by atoms with E-state index in [2.05, 4.69) is 10.6 Å². The number of nitrogens with zero attached hydrogens (tertiary/aromatic N) is 1. The molecule has 3 amide bonds. The van der Waals surface area contributed by atoms with Crippen molar-refractivity contribution in [2.24, 2.45) is 11.8 Å². The molecule has 3 aliphatic rings. The minimum absolute atomic E-state index is 0.0378. The number of carbonyl (C=O) groups excluding carboxylic acids is 3. The maximum Gasteiger partial charge on any atom is 0.246 e. The molecule has 0 aromatic heterocycles.